The number of ether oxygens (including phenoxy) is 1. The van der Waals surface area contributed by atoms with Crippen molar-refractivity contribution in [2.45, 2.75) is 39.2 Å². The molecule has 0 saturated carbocycles. The average molecular weight is 451 g/mol. The van der Waals surface area contributed by atoms with E-state index in [-0.39, 0.29) is 23.4 Å². The molecule has 2 aromatic carbocycles. The van der Waals surface area contributed by atoms with Crippen LogP contribution in [0, 0.1) is 11.7 Å². The predicted octanol–water partition coefficient (Wildman–Crippen LogP) is 4.54. The Bertz CT molecular complexity index is 1170. The molecule has 33 heavy (non-hydrogen) atoms. The van der Waals surface area contributed by atoms with Gasteiger partial charge in [0.2, 0.25) is 0 Å². The number of aromatic amines is 1. The lowest BCUT2D eigenvalue weighted by atomic mass is 9.90. The third-order valence-electron chi connectivity index (χ3n) is 6.04. The molecule has 0 spiro atoms. The number of hydrogen-bond donors (Lipinski definition) is 1. The number of piperidine rings is 1. The highest BCUT2D eigenvalue weighted by atomic mass is 19.1. The van der Waals surface area contributed by atoms with Crippen LogP contribution in [0.4, 0.5) is 4.39 Å². The van der Waals surface area contributed by atoms with Gasteiger partial charge in [0.15, 0.2) is 0 Å². The van der Waals surface area contributed by atoms with Gasteiger partial charge in [-0.2, -0.15) is 0 Å². The Hall–Kier alpha value is -3.48. The molecule has 1 aliphatic heterocycles. The van der Waals surface area contributed by atoms with Crippen molar-refractivity contribution in [3.63, 3.8) is 0 Å². The minimum atomic E-state index is -0.906. The van der Waals surface area contributed by atoms with E-state index in [4.69, 9.17) is 4.74 Å². The molecule has 0 bridgehead atoms. The van der Waals surface area contributed by atoms with Gasteiger partial charge in [0.25, 0.3) is 11.7 Å². The minimum Gasteiger partial charge on any atom is -0.457 e. The van der Waals surface area contributed by atoms with Crippen molar-refractivity contribution in [3.05, 3.63) is 71.2 Å². The van der Waals surface area contributed by atoms with Crippen LogP contribution in [0.2, 0.25) is 0 Å². The van der Waals surface area contributed by atoms with Crippen LogP contribution in [0.3, 0.4) is 0 Å². The van der Waals surface area contributed by atoms with Gasteiger partial charge in [-0.05, 0) is 74.9 Å². The zero-order valence-electron chi connectivity index (χ0n) is 18.8. The minimum absolute atomic E-state index is 0.101. The first-order chi connectivity index (χ1) is 15.8. The van der Waals surface area contributed by atoms with E-state index in [1.165, 1.54) is 12.1 Å². The summed E-state index contributed by atoms with van der Waals surface area (Å²) in [4.78, 5) is 42.6. The molecule has 3 aromatic rings. The number of fused-ring (bicyclic) bond motifs is 1. The summed E-state index contributed by atoms with van der Waals surface area (Å²) in [5.41, 5.74) is 2.50. The van der Waals surface area contributed by atoms with Gasteiger partial charge in [0.05, 0.1) is 11.7 Å². The SMILES string of the molecule is CC(C)OC(=O)C(=O)c1ccc2[nH]cc(C(=O)N3CCC(Cc4ccc(F)cc4)CC3)c2c1. The lowest BCUT2D eigenvalue weighted by Crippen LogP contribution is -2.38. The number of H-pyrrole nitrogens is 1. The number of aromatic nitrogens is 1. The maximum atomic E-state index is 13.2. The first-order valence-electron chi connectivity index (χ1n) is 11.2. The zero-order valence-corrected chi connectivity index (χ0v) is 18.8. The van der Waals surface area contributed by atoms with E-state index in [0.717, 1.165) is 30.3 Å². The van der Waals surface area contributed by atoms with E-state index in [2.05, 4.69) is 4.98 Å². The summed E-state index contributed by atoms with van der Waals surface area (Å²) in [5, 5.41) is 0.608. The highest BCUT2D eigenvalue weighted by Crippen LogP contribution is 2.26. The quantitative estimate of drug-likeness (QED) is 0.340. The monoisotopic (exact) mass is 450 g/mol. The third kappa shape index (κ3) is 5.13. The molecular formula is C26H27FN2O4. The molecule has 0 aliphatic carbocycles. The lowest BCUT2D eigenvalue weighted by Gasteiger charge is -2.32. The Morgan fingerprint density at radius 2 is 1.79 bits per heavy atom. The molecule has 1 fully saturated rings. The fraction of sp³-hybridized carbons (Fsp3) is 0.346. The Morgan fingerprint density at radius 3 is 2.45 bits per heavy atom. The van der Waals surface area contributed by atoms with Crippen molar-refractivity contribution in [3.8, 4) is 0 Å². The summed E-state index contributed by atoms with van der Waals surface area (Å²) in [7, 11) is 0. The normalized spacial score (nSPS) is 14.6. The fourth-order valence-corrected chi connectivity index (χ4v) is 4.29. The molecule has 2 heterocycles. The summed E-state index contributed by atoms with van der Waals surface area (Å²) in [6.45, 7) is 4.63. The van der Waals surface area contributed by atoms with Crippen LogP contribution in [0.15, 0.2) is 48.7 Å². The van der Waals surface area contributed by atoms with Gasteiger partial charge in [0, 0.05) is 35.8 Å². The number of hydrogen-bond acceptors (Lipinski definition) is 4. The topological polar surface area (TPSA) is 79.5 Å². The molecule has 1 saturated heterocycles. The largest absolute Gasteiger partial charge is 0.457 e. The number of nitrogens with one attached hydrogen (secondary N) is 1. The third-order valence-corrected chi connectivity index (χ3v) is 6.04. The molecule has 0 radical (unpaired) electrons. The number of esters is 1. The van der Waals surface area contributed by atoms with Crippen molar-refractivity contribution >= 4 is 28.6 Å². The summed E-state index contributed by atoms with van der Waals surface area (Å²) in [6.07, 6.45) is 3.87. The predicted molar refractivity (Wildman–Crippen MR) is 123 cm³/mol. The van der Waals surface area contributed by atoms with Crippen molar-refractivity contribution in [2.75, 3.05) is 13.1 Å². The van der Waals surface area contributed by atoms with Crippen LogP contribution < -0.4 is 0 Å². The Kier molecular flexibility index (Phi) is 6.58. The second-order valence-corrected chi connectivity index (χ2v) is 8.81. The van der Waals surface area contributed by atoms with Gasteiger partial charge in [-0.3, -0.25) is 9.59 Å². The fourth-order valence-electron chi connectivity index (χ4n) is 4.29. The molecule has 4 rings (SSSR count). The number of rotatable bonds is 6. The Labute approximate surface area is 191 Å². The van der Waals surface area contributed by atoms with Gasteiger partial charge in [-0.25, -0.2) is 9.18 Å². The maximum absolute atomic E-state index is 13.2. The number of Topliss-reactive ketones (excluding diaryl/α,β-unsaturated/α-hetero) is 1. The van der Waals surface area contributed by atoms with Crippen LogP contribution in [0.5, 0.6) is 0 Å². The molecule has 172 valence electrons. The number of halogens is 1. The molecule has 1 aromatic heterocycles. The van der Waals surface area contributed by atoms with Crippen molar-refractivity contribution < 1.29 is 23.5 Å². The van der Waals surface area contributed by atoms with Crippen molar-refractivity contribution in [1.29, 1.82) is 0 Å². The highest BCUT2D eigenvalue weighted by Gasteiger charge is 2.26. The number of ketones is 1. The Morgan fingerprint density at radius 1 is 1.09 bits per heavy atom. The zero-order chi connectivity index (χ0) is 23.5. The average Bonchev–Trinajstić information content (AvgIpc) is 3.23. The van der Waals surface area contributed by atoms with Crippen LogP contribution in [0.1, 0.15) is 53.0 Å². The van der Waals surface area contributed by atoms with Gasteiger partial charge in [-0.1, -0.05) is 12.1 Å². The molecule has 7 heteroatoms. The first-order valence-corrected chi connectivity index (χ1v) is 11.2. The van der Waals surface area contributed by atoms with Crippen LogP contribution in [0.25, 0.3) is 10.9 Å². The second kappa shape index (κ2) is 9.57. The summed E-state index contributed by atoms with van der Waals surface area (Å²) < 4.78 is 18.1. The van der Waals surface area contributed by atoms with Crippen LogP contribution >= 0.6 is 0 Å². The van der Waals surface area contributed by atoms with Crippen molar-refractivity contribution in [1.82, 2.24) is 9.88 Å². The van der Waals surface area contributed by atoms with Gasteiger partial charge < -0.3 is 14.6 Å². The smallest absolute Gasteiger partial charge is 0.379 e. The van der Waals surface area contributed by atoms with Crippen LogP contribution in [-0.2, 0) is 16.0 Å². The second-order valence-electron chi connectivity index (χ2n) is 8.81. The van der Waals surface area contributed by atoms with Crippen molar-refractivity contribution in [2.24, 2.45) is 5.92 Å². The summed E-state index contributed by atoms with van der Waals surface area (Å²) in [5.74, 6) is -1.53. The van der Waals surface area contributed by atoms with Gasteiger partial charge in [-0.15, -0.1) is 0 Å². The number of nitrogens with zero attached hydrogens (tertiary/aromatic N) is 1. The van der Waals surface area contributed by atoms with E-state index in [1.54, 1.807) is 38.2 Å². The van der Waals surface area contributed by atoms with E-state index in [0.29, 0.717) is 30.0 Å². The van der Waals surface area contributed by atoms with E-state index in [1.807, 2.05) is 17.0 Å². The first kappa shape index (κ1) is 22.7. The molecule has 1 amide bonds. The van der Waals surface area contributed by atoms with Crippen LogP contribution in [-0.4, -0.2) is 46.7 Å². The Balaban J connectivity index is 1.44. The van der Waals surface area contributed by atoms with Gasteiger partial charge in [0.1, 0.15) is 5.82 Å². The standard InChI is InChI=1S/C26H27FN2O4/c1-16(2)33-26(32)24(30)19-5-8-23-21(14-19)22(15-28-23)25(31)29-11-9-18(10-12-29)13-17-3-6-20(27)7-4-17/h3-8,14-16,18,28H,9-13H2,1-2H3. The summed E-state index contributed by atoms with van der Waals surface area (Å²) in [6, 6.07) is 11.4. The lowest BCUT2D eigenvalue weighted by molar-refractivity contribution is -0.141. The molecular weight excluding hydrogens is 423 g/mol. The number of carbonyl (C=O) groups excluding carboxylic acids is 3. The number of benzene rings is 2. The van der Waals surface area contributed by atoms with E-state index >= 15 is 0 Å². The highest BCUT2D eigenvalue weighted by molar-refractivity contribution is 6.41. The molecule has 0 atom stereocenters. The molecule has 1 aliphatic rings. The molecule has 1 N–H and O–H groups in total. The number of amides is 1. The number of likely N-dealkylation sites (tertiary alicyclic amines) is 1. The summed E-state index contributed by atoms with van der Waals surface area (Å²) >= 11 is 0. The molecule has 0 unspecified atom stereocenters. The van der Waals surface area contributed by atoms with E-state index < -0.39 is 11.8 Å². The van der Waals surface area contributed by atoms with E-state index in [9.17, 15) is 18.8 Å². The maximum Gasteiger partial charge on any atom is 0.379 e. The van der Waals surface area contributed by atoms with Gasteiger partial charge >= 0.3 is 5.97 Å². The number of carbonyl (C=O) groups is 3. The molecule has 6 nitrogen and oxygen atoms in total.